The van der Waals surface area contributed by atoms with Gasteiger partial charge in [-0.2, -0.15) is 5.10 Å². The van der Waals surface area contributed by atoms with Crippen molar-refractivity contribution in [1.29, 1.82) is 0 Å². The maximum absolute atomic E-state index is 13.8. The smallest absolute Gasteiger partial charge is 0.160 e. The van der Waals surface area contributed by atoms with Gasteiger partial charge in [-0.25, -0.2) is 18.4 Å². The van der Waals surface area contributed by atoms with Crippen LogP contribution in [0.4, 0.5) is 8.78 Å². The lowest BCUT2D eigenvalue weighted by Gasteiger charge is -2.09. The van der Waals surface area contributed by atoms with Gasteiger partial charge in [0.2, 0.25) is 0 Å². The number of hydrogen-bond acceptors (Lipinski definition) is 3. The van der Waals surface area contributed by atoms with Gasteiger partial charge in [0.05, 0.1) is 5.69 Å². The highest BCUT2D eigenvalue weighted by Crippen LogP contribution is 2.21. The fourth-order valence-electron chi connectivity index (χ4n) is 3.38. The third kappa shape index (κ3) is 4.47. The van der Waals surface area contributed by atoms with Gasteiger partial charge in [0.25, 0.3) is 0 Å². The molecule has 1 unspecified atom stereocenters. The Morgan fingerprint density at radius 1 is 1.11 bits per heavy atom. The Morgan fingerprint density at radius 3 is 2.64 bits per heavy atom. The Kier molecular flexibility index (Phi) is 5.82. The number of halogens is 3. The fourth-order valence-corrected chi connectivity index (χ4v) is 3.65. The fraction of sp³-hybridized carbons (Fsp3) is 0.333. The molecule has 146 valence electrons. The van der Waals surface area contributed by atoms with E-state index in [0.29, 0.717) is 30.3 Å². The number of ether oxygens (including phenoxy) is 1. The maximum Gasteiger partial charge on any atom is 0.160 e. The standard InChI is InChI=1S/C21H20BrF2N3O/c22-16-4-1-14(2-5-16)11-20-25-21(8-3-15-9-10-28-13-15)27(26-20)17-6-7-18(23)19(24)12-17/h1-2,4-7,12,15H,3,8-11,13H2. The summed E-state index contributed by atoms with van der Waals surface area (Å²) in [5, 5.41) is 4.59. The van der Waals surface area contributed by atoms with Crippen LogP contribution in [0.5, 0.6) is 0 Å². The molecule has 0 spiro atoms. The minimum absolute atomic E-state index is 0.478. The molecule has 0 aliphatic carbocycles. The third-order valence-corrected chi connectivity index (χ3v) is 5.47. The van der Waals surface area contributed by atoms with Crippen molar-refractivity contribution in [3.8, 4) is 5.69 Å². The van der Waals surface area contributed by atoms with E-state index in [4.69, 9.17) is 9.72 Å². The van der Waals surface area contributed by atoms with Crippen LogP contribution in [-0.4, -0.2) is 28.0 Å². The highest BCUT2D eigenvalue weighted by Gasteiger charge is 2.19. The Morgan fingerprint density at radius 2 is 1.93 bits per heavy atom. The van der Waals surface area contributed by atoms with Gasteiger partial charge in [0.15, 0.2) is 17.5 Å². The van der Waals surface area contributed by atoms with Gasteiger partial charge in [-0.1, -0.05) is 28.1 Å². The minimum Gasteiger partial charge on any atom is -0.381 e. The molecule has 7 heteroatoms. The zero-order chi connectivity index (χ0) is 19.5. The van der Waals surface area contributed by atoms with Crippen molar-refractivity contribution >= 4 is 15.9 Å². The first-order valence-corrected chi connectivity index (χ1v) is 10.1. The molecule has 4 nitrogen and oxygen atoms in total. The van der Waals surface area contributed by atoms with Crippen molar-refractivity contribution in [3.05, 3.63) is 75.8 Å². The van der Waals surface area contributed by atoms with Gasteiger partial charge in [0.1, 0.15) is 5.82 Å². The highest BCUT2D eigenvalue weighted by atomic mass is 79.9. The average molecular weight is 448 g/mol. The van der Waals surface area contributed by atoms with Gasteiger partial charge in [0, 0.05) is 36.6 Å². The Labute approximate surface area is 170 Å². The molecular formula is C21H20BrF2N3O. The summed E-state index contributed by atoms with van der Waals surface area (Å²) < 4.78 is 35.2. The van der Waals surface area contributed by atoms with Gasteiger partial charge in [-0.3, -0.25) is 0 Å². The molecular weight excluding hydrogens is 428 g/mol. The second kappa shape index (κ2) is 8.49. The summed E-state index contributed by atoms with van der Waals surface area (Å²) in [6, 6.07) is 11.8. The van der Waals surface area contributed by atoms with E-state index in [2.05, 4.69) is 21.0 Å². The highest BCUT2D eigenvalue weighted by molar-refractivity contribution is 9.10. The molecule has 28 heavy (non-hydrogen) atoms. The summed E-state index contributed by atoms with van der Waals surface area (Å²) >= 11 is 3.43. The molecule has 1 atom stereocenters. The predicted molar refractivity (Wildman–Crippen MR) is 105 cm³/mol. The summed E-state index contributed by atoms with van der Waals surface area (Å²) in [7, 11) is 0. The number of nitrogens with zero attached hydrogens (tertiary/aromatic N) is 3. The second-order valence-electron chi connectivity index (χ2n) is 7.03. The van der Waals surface area contributed by atoms with Crippen molar-refractivity contribution in [2.24, 2.45) is 5.92 Å². The predicted octanol–water partition coefficient (Wildman–Crippen LogP) is 4.87. The third-order valence-electron chi connectivity index (χ3n) is 4.94. The van der Waals surface area contributed by atoms with Crippen LogP contribution in [0.1, 0.15) is 30.1 Å². The van der Waals surface area contributed by atoms with Crippen LogP contribution >= 0.6 is 15.9 Å². The van der Waals surface area contributed by atoms with E-state index in [1.807, 2.05) is 24.3 Å². The van der Waals surface area contributed by atoms with Crippen LogP contribution in [0.2, 0.25) is 0 Å². The van der Waals surface area contributed by atoms with Gasteiger partial charge in [-0.05, 0) is 48.6 Å². The summed E-state index contributed by atoms with van der Waals surface area (Å²) in [6.45, 7) is 1.57. The molecule has 4 rings (SSSR count). The Bertz CT molecular complexity index is 953. The number of rotatable bonds is 6. The number of aromatic nitrogens is 3. The summed E-state index contributed by atoms with van der Waals surface area (Å²) in [6.07, 6.45) is 3.26. The first-order valence-electron chi connectivity index (χ1n) is 9.31. The monoisotopic (exact) mass is 447 g/mol. The lowest BCUT2D eigenvalue weighted by Crippen LogP contribution is -2.08. The zero-order valence-electron chi connectivity index (χ0n) is 15.2. The lowest BCUT2D eigenvalue weighted by atomic mass is 10.0. The van der Waals surface area contributed by atoms with E-state index in [1.165, 1.54) is 6.07 Å². The molecule has 1 aromatic heterocycles. The van der Waals surface area contributed by atoms with Crippen LogP contribution in [0, 0.1) is 17.6 Å². The van der Waals surface area contributed by atoms with Crippen molar-refractivity contribution in [2.75, 3.05) is 13.2 Å². The van der Waals surface area contributed by atoms with E-state index in [0.717, 1.165) is 54.0 Å². The molecule has 1 aliphatic rings. The lowest BCUT2D eigenvalue weighted by molar-refractivity contribution is 0.184. The van der Waals surface area contributed by atoms with Crippen molar-refractivity contribution in [3.63, 3.8) is 0 Å². The summed E-state index contributed by atoms with van der Waals surface area (Å²) in [4.78, 5) is 4.70. The summed E-state index contributed by atoms with van der Waals surface area (Å²) in [5.41, 5.74) is 1.56. The normalized spacial score (nSPS) is 16.6. The molecule has 1 saturated heterocycles. The first-order chi connectivity index (χ1) is 13.6. The van der Waals surface area contributed by atoms with Crippen molar-refractivity contribution < 1.29 is 13.5 Å². The zero-order valence-corrected chi connectivity index (χ0v) is 16.8. The van der Waals surface area contributed by atoms with E-state index < -0.39 is 11.6 Å². The van der Waals surface area contributed by atoms with E-state index in [9.17, 15) is 8.78 Å². The second-order valence-corrected chi connectivity index (χ2v) is 7.94. The van der Waals surface area contributed by atoms with Crippen LogP contribution in [0.25, 0.3) is 5.69 Å². The minimum atomic E-state index is -0.891. The van der Waals surface area contributed by atoms with Crippen molar-refractivity contribution in [2.45, 2.75) is 25.7 Å². The van der Waals surface area contributed by atoms with Crippen LogP contribution < -0.4 is 0 Å². The van der Waals surface area contributed by atoms with E-state index >= 15 is 0 Å². The molecule has 1 aliphatic heterocycles. The topological polar surface area (TPSA) is 39.9 Å². The van der Waals surface area contributed by atoms with E-state index in [-0.39, 0.29) is 0 Å². The van der Waals surface area contributed by atoms with Gasteiger partial charge < -0.3 is 4.74 Å². The summed E-state index contributed by atoms with van der Waals surface area (Å²) in [5.74, 6) is 0.154. The number of benzene rings is 2. The molecule has 1 fully saturated rings. The Balaban J connectivity index is 1.61. The van der Waals surface area contributed by atoms with Crippen LogP contribution in [0.15, 0.2) is 46.9 Å². The van der Waals surface area contributed by atoms with Crippen LogP contribution in [-0.2, 0) is 17.6 Å². The van der Waals surface area contributed by atoms with Crippen LogP contribution in [0.3, 0.4) is 0 Å². The average Bonchev–Trinajstić information content (AvgIpc) is 3.34. The Hall–Kier alpha value is -2.12. The number of hydrogen-bond donors (Lipinski definition) is 0. The van der Waals surface area contributed by atoms with Gasteiger partial charge >= 0.3 is 0 Å². The molecule has 2 aromatic carbocycles. The first kappa shape index (κ1) is 19.2. The van der Waals surface area contributed by atoms with Gasteiger partial charge in [-0.15, -0.1) is 0 Å². The van der Waals surface area contributed by atoms with E-state index in [1.54, 1.807) is 4.68 Å². The molecule has 0 amide bonds. The molecule has 0 N–H and O–H groups in total. The largest absolute Gasteiger partial charge is 0.381 e. The SMILES string of the molecule is Fc1ccc(-n2nc(Cc3ccc(Br)cc3)nc2CCC2CCOC2)cc1F. The molecule has 0 bridgehead atoms. The molecule has 2 heterocycles. The quantitative estimate of drug-likeness (QED) is 0.541. The van der Waals surface area contributed by atoms with Crippen molar-refractivity contribution in [1.82, 2.24) is 14.8 Å². The molecule has 0 saturated carbocycles. The molecule has 3 aromatic rings. The number of aryl methyl sites for hydroxylation is 1. The maximum atomic E-state index is 13.8. The molecule has 0 radical (unpaired) electrons.